The number of benzene rings is 7. The predicted octanol–water partition coefficient (Wildman–Crippen LogP) is 9.78. The minimum atomic E-state index is 0.388. The third-order valence-corrected chi connectivity index (χ3v) is 9.99. The normalized spacial score (nSPS) is 14.6. The molecule has 0 saturated carbocycles. The fraction of sp³-hybridized carbons (Fsp3) is 0.0455. The molecule has 1 unspecified atom stereocenters. The molecule has 1 atom stereocenters. The van der Waals surface area contributed by atoms with Gasteiger partial charge in [0.25, 0.3) is 0 Å². The number of rotatable bonds is 3. The highest BCUT2D eigenvalue weighted by atomic mass is 15.0. The van der Waals surface area contributed by atoms with Crippen molar-refractivity contribution in [3.05, 3.63) is 168 Å². The van der Waals surface area contributed by atoms with Crippen LogP contribution in [-0.2, 0) is 0 Å². The average molecular weight is 587 g/mol. The Hall–Kier alpha value is -5.86. The summed E-state index contributed by atoms with van der Waals surface area (Å²) in [6.07, 6.45) is 5.83. The van der Waals surface area contributed by atoms with Crippen LogP contribution in [0.25, 0.3) is 77.9 Å². The molecule has 0 amide bonds. The van der Waals surface area contributed by atoms with E-state index in [0.717, 1.165) is 6.42 Å². The van der Waals surface area contributed by atoms with Gasteiger partial charge in [-0.05, 0) is 87.8 Å². The standard InChI is InChI=1S/C44H30N2/c1-2-14-35(15-3-1)46-42-26-33-13-7-6-12-32(33)25-38(42)40-27-39-37-16-8-9-17-41(37)45(43(39)28-44(40)46)36-22-20-30(21-23-36)34-19-18-29-10-4-5-11-31(29)24-34/h1-18,20-28,34H,19H2. The maximum absolute atomic E-state index is 2.45. The molecule has 0 saturated heterocycles. The molecule has 2 aromatic heterocycles. The first-order valence-electron chi connectivity index (χ1n) is 16.1. The number of fused-ring (bicyclic) bond motifs is 8. The number of aromatic nitrogens is 2. The van der Waals surface area contributed by atoms with E-state index < -0.39 is 0 Å². The number of para-hydroxylation sites is 2. The molecule has 1 aliphatic carbocycles. The highest BCUT2D eigenvalue weighted by Gasteiger charge is 2.19. The van der Waals surface area contributed by atoms with Gasteiger partial charge in [-0.15, -0.1) is 0 Å². The van der Waals surface area contributed by atoms with Gasteiger partial charge in [0.05, 0.1) is 22.1 Å². The van der Waals surface area contributed by atoms with E-state index in [1.54, 1.807) is 0 Å². The second kappa shape index (κ2) is 9.82. The molecular formula is C44H30N2. The second-order valence-electron chi connectivity index (χ2n) is 12.6. The van der Waals surface area contributed by atoms with Crippen molar-refractivity contribution in [2.24, 2.45) is 0 Å². The lowest BCUT2D eigenvalue weighted by molar-refractivity contribution is 0.919. The van der Waals surface area contributed by atoms with Crippen molar-refractivity contribution in [3.8, 4) is 11.4 Å². The fourth-order valence-electron chi connectivity index (χ4n) is 7.79. The summed E-state index contributed by atoms with van der Waals surface area (Å²) in [5.74, 6) is 0.388. The van der Waals surface area contributed by atoms with Crippen molar-refractivity contribution in [2.75, 3.05) is 0 Å². The van der Waals surface area contributed by atoms with Crippen molar-refractivity contribution in [2.45, 2.75) is 12.3 Å². The summed E-state index contributed by atoms with van der Waals surface area (Å²) in [6.45, 7) is 0. The molecule has 0 fully saturated rings. The summed E-state index contributed by atoms with van der Waals surface area (Å²) in [5.41, 5.74) is 8.61. The van der Waals surface area contributed by atoms with E-state index in [9.17, 15) is 0 Å². The molecule has 2 heteroatoms. The Labute approximate surface area is 266 Å². The van der Waals surface area contributed by atoms with E-state index in [1.165, 1.54) is 81.8 Å². The van der Waals surface area contributed by atoms with E-state index in [4.69, 9.17) is 0 Å². The van der Waals surface area contributed by atoms with Crippen LogP contribution in [0.1, 0.15) is 17.9 Å². The molecule has 0 N–H and O–H groups in total. The molecule has 46 heavy (non-hydrogen) atoms. The van der Waals surface area contributed by atoms with Crippen molar-refractivity contribution < 1.29 is 0 Å². The van der Waals surface area contributed by atoms with Gasteiger partial charge in [-0.3, -0.25) is 0 Å². The van der Waals surface area contributed by atoms with Gasteiger partial charge in [0.2, 0.25) is 0 Å². The Morgan fingerprint density at radius 3 is 1.83 bits per heavy atom. The van der Waals surface area contributed by atoms with Crippen molar-refractivity contribution in [1.29, 1.82) is 0 Å². The molecule has 0 spiro atoms. The first-order valence-corrected chi connectivity index (χ1v) is 16.1. The van der Waals surface area contributed by atoms with Gasteiger partial charge in [0.15, 0.2) is 0 Å². The Morgan fingerprint density at radius 1 is 0.413 bits per heavy atom. The molecule has 9 aromatic rings. The van der Waals surface area contributed by atoms with Gasteiger partial charge in [-0.1, -0.05) is 109 Å². The van der Waals surface area contributed by atoms with E-state index in [2.05, 4.69) is 173 Å². The Kier molecular flexibility index (Phi) is 5.44. The second-order valence-corrected chi connectivity index (χ2v) is 12.6. The van der Waals surface area contributed by atoms with Crippen LogP contribution in [0.4, 0.5) is 0 Å². The van der Waals surface area contributed by atoms with Gasteiger partial charge in [0.1, 0.15) is 0 Å². The molecule has 2 nitrogen and oxygen atoms in total. The molecule has 2 heterocycles. The van der Waals surface area contributed by atoms with Crippen molar-refractivity contribution >= 4 is 66.5 Å². The Morgan fingerprint density at radius 2 is 1.00 bits per heavy atom. The summed E-state index contributed by atoms with van der Waals surface area (Å²) in [4.78, 5) is 0. The lowest BCUT2D eigenvalue weighted by atomic mass is 9.90. The molecule has 7 aromatic carbocycles. The minimum Gasteiger partial charge on any atom is -0.309 e. The zero-order valence-electron chi connectivity index (χ0n) is 25.3. The van der Waals surface area contributed by atoms with Gasteiger partial charge in [0, 0.05) is 38.8 Å². The lowest BCUT2D eigenvalue weighted by Gasteiger charge is -2.16. The van der Waals surface area contributed by atoms with Gasteiger partial charge < -0.3 is 9.13 Å². The lowest BCUT2D eigenvalue weighted by Crippen LogP contribution is -2.27. The summed E-state index contributed by atoms with van der Waals surface area (Å²) >= 11 is 0. The Bertz CT molecular complexity index is 2760. The predicted molar refractivity (Wildman–Crippen MR) is 195 cm³/mol. The van der Waals surface area contributed by atoms with Crippen LogP contribution >= 0.6 is 0 Å². The number of hydrogen-bond donors (Lipinski definition) is 0. The van der Waals surface area contributed by atoms with Crippen LogP contribution < -0.4 is 10.4 Å². The maximum Gasteiger partial charge on any atom is 0.0562 e. The van der Waals surface area contributed by atoms with Gasteiger partial charge in [-0.2, -0.15) is 0 Å². The summed E-state index contributed by atoms with van der Waals surface area (Å²) in [6, 6.07) is 55.8. The third-order valence-electron chi connectivity index (χ3n) is 9.99. The number of hydrogen-bond acceptors (Lipinski definition) is 0. The molecular weight excluding hydrogens is 556 g/mol. The van der Waals surface area contributed by atoms with Crippen LogP contribution in [0.3, 0.4) is 0 Å². The molecule has 0 radical (unpaired) electrons. The zero-order chi connectivity index (χ0) is 30.2. The number of nitrogens with zero attached hydrogens (tertiary/aromatic N) is 2. The quantitative estimate of drug-likeness (QED) is 0.195. The fourth-order valence-corrected chi connectivity index (χ4v) is 7.79. The van der Waals surface area contributed by atoms with Crippen LogP contribution in [0.5, 0.6) is 0 Å². The smallest absolute Gasteiger partial charge is 0.0562 e. The molecule has 0 aliphatic heterocycles. The first-order chi connectivity index (χ1) is 22.8. The molecule has 0 bridgehead atoms. The highest BCUT2D eigenvalue weighted by molar-refractivity contribution is 6.20. The monoisotopic (exact) mass is 586 g/mol. The van der Waals surface area contributed by atoms with E-state index in [1.807, 2.05) is 0 Å². The van der Waals surface area contributed by atoms with Gasteiger partial charge in [-0.25, -0.2) is 0 Å². The van der Waals surface area contributed by atoms with E-state index in [0.29, 0.717) is 5.92 Å². The minimum absolute atomic E-state index is 0.388. The van der Waals surface area contributed by atoms with Crippen molar-refractivity contribution in [3.63, 3.8) is 0 Å². The van der Waals surface area contributed by atoms with Gasteiger partial charge >= 0.3 is 0 Å². The highest BCUT2D eigenvalue weighted by Crippen LogP contribution is 2.41. The average Bonchev–Trinajstić information content (AvgIpc) is 3.61. The molecule has 10 rings (SSSR count). The first kappa shape index (κ1) is 25.5. The van der Waals surface area contributed by atoms with Crippen LogP contribution in [0.2, 0.25) is 0 Å². The van der Waals surface area contributed by atoms with Crippen LogP contribution in [0, 0.1) is 0 Å². The van der Waals surface area contributed by atoms with Crippen LogP contribution in [-0.4, -0.2) is 9.13 Å². The Balaban J connectivity index is 1.23. The molecule has 1 aliphatic rings. The topological polar surface area (TPSA) is 9.86 Å². The largest absolute Gasteiger partial charge is 0.309 e. The zero-order valence-corrected chi connectivity index (χ0v) is 25.3. The maximum atomic E-state index is 2.45. The van der Waals surface area contributed by atoms with Crippen LogP contribution in [0.15, 0.2) is 152 Å². The van der Waals surface area contributed by atoms with E-state index >= 15 is 0 Å². The third kappa shape index (κ3) is 3.77. The summed E-state index contributed by atoms with van der Waals surface area (Å²) < 4.78 is 4.89. The summed E-state index contributed by atoms with van der Waals surface area (Å²) in [5, 5.41) is 10.3. The summed E-state index contributed by atoms with van der Waals surface area (Å²) in [7, 11) is 0. The SMILES string of the molecule is C1=c2ccccc2=CC(c2ccc(-n3c4ccccc4c4cc5c6cc7ccccc7cc6n(-c6ccccc6)c5cc43)cc2)C1. The van der Waals surface area contributed by atoms with E-state index in [-0.39, 0.29) is 0 Å². The van der Waals surface area contributed by atoms with Crippen molar-refractivity contribution in [1.82, 2.24) is 9.13 Å². The molecule has 216 valence electrons.